The molecule has 0 fully saturated rings. The first-order valence-corrected chi connectivity index (χ1v) is 3.16. The van der Waals surface area contributed by atoms with E-state index in [0.717, 1.165) is 0 Å². The van der Waals surface area contributed by atoms with Crippen LogP contribution in [0.2, 0.25) is 0 Å². The van der Waals surface area contributed by atoms with Crippen LogP contribution < -0.4 is 0 Å². The van der Waals surface area contributed by atoms with Crippen molar-refractivity contribution < 1.29 is 0 Å². The molecule has 0 bridgehead atoms. The van der Waals surface area contributed by atoms with Gasteiger partial charge in [-0.2, -0.15) is 0 Å². The molecule has 0 saturated carbocycles. The van der Waals surface area contributed by atoms with Gasteiger partial charge in [-0.3, -0.25) is 0 Å². The van der Waals surface area contributed by atoms with Crippen molar-refractivity contribution in [1.82, 2.24) is 9.97 Å². The van der Waals surface area contributed by atoms with Crippen molar-refractivity contribution >= 4 is 11.9 Å². The molecular formula is C7H8N4. The van der Waals surface area contributed by atoms with Crippen LogP contribution in [0.5, 0.6) is 0 Å². The summed E-state index contributed by atoms with van der Waals surface area (Å²) in [5, 5.41) is 14.2. The standard InChI is InChI=1S/C7H8N4/c8-2-1-7(9)6-3-10-5-11-4-6/h2-5,8-9H,1H2. The van der Waals surface area contributed by atoms with Gasteiger partial charge in [0.1, 0.15) is 6.33 Å². The fourth-order valence-corrected chi connectivity index (χ4v) is 0.675. The molecular weight excluding hydrogens is 140 g/mol. The number of hydrogen-bond donors (Lipinski definition) is 2. The molecule has 0 aromatic carbocycles. The average Bonchev–Trinajstić information content (AvgIpc) is 2.07. The number of hydrogen-bond acceptors (Lipinski definition) is 4. The van der Waals surface area contributed by atoms with Gasteiger partial charge in [-0.25, -0.2) is 9.97 Å². The highest BCUT2D eigenvalue weighted by atomic mass is 14.8. The minimum atomic E-state index is 0.341. The fourth-order valence-electron chi connectivity index (χ4n) is 0.675. The lowest BCUT2D eigenvalue weighted by Gasteiger charge is -1.96. The van der Waals surface area contributed by atoms with Gasteiger partial charge in [-0.1, -0.05) is 0 Å². The summed E-state index contributed by atoms with van der Waals surface area (Å²) in [4.78, 5) is 7.52. The molecule has 0 aliphatic carbocycles. The number of nitrogens with zero attached hydrogens (tertiary/aromatic N) is 2. The van der Waals surface area contributed by atoms with Gasteiger partial charge in [-0.15, -0.1) is 0 Å². The molecule has 0 unspecified atom stereocenters. The lowest BCUT2D eigenvalue weighted by Crippen LogP contribution is -2.00. The lowest BCUT2D eigenvalue weighted by atomic mass is 10.2. The highest BCUT2D eigenvalue weighted by Gasteiger charge is 1.97. The Kier molecular flexibility index (Phi) is 2.43. The molecule has 0 saturated heterocycles. The molecule has 56 valence electrons. The molecule has 0 amide bonds. The van der Waals surface area contributed by atoms with E-state index in [1.54, 1.807) is 12.4 Å². The molecule has 1 rings (SSSR count). The summed E-state index contributed by atoms with van der Waals surface area (Å²) in [5.41, 5.74) is 1.05. The van der Waals surface area contributed by atoms with Gasteiger partial charge in [0.05, 0.1) is 0 Å². The van der Waals surface area contributed by atoms with Crippen LogP contribution >= 0.6 is 0 Å². The minimum Gasteiger partial charge on any atom is -0.313 e. The normalized spacial score (nSPS) is 9.09. The molecule has 4 heteroatoms. The lowest BCUT2D eigenvalue weighted by molar-refractivity contribution is 1.15. The predicted molar refractivity (Wildman–Crippen MR) is 42.3 cm³/mol. The first kappa shape index (κ1) is 7.53. The molecule has 1 aromatic heterocycles. The third kappa shape index (κ3) is 1.93. The Hall–Kier alpha value is -1.58. The summed E-state index contributed by atoms with van der Waals surface area (Å²) in [6.07, 6.45) is 6.08. The smallest absolute Gasteiger partial charge is 0.115 e. The number of nitrogens with one attached hydrogen (secondary N) is 2. The molecule has 0 atom stereocenters. The van der Waals surface area contributed by atoms with E-state index in [2.05, 4.69) is 9.97 Å². The Morgan fingerprint density at radius 3 is 2.64 bits per heavy atom. The summed E-state index contributed by atoms with van der Waals surface area (Å²) < 4.78 is 0. The molecule has 1 aromatic rings. The van der Waals surface area contributed by atoms with Crippen molar-refractivity contribution in [2.75, 3.05) is 0 Å². The van der Waals surface area contributed by atoms with E-state index in [9.17, 15) is 0 Å². The van der Waals surface area contributed by atoms with E-state index in [1.807, 2.05) is 0 Å². The van der Waals surface area contributed by atoms with Crippen LogP contribution in [0, 0.1) is 10.8 Å². The molecule has 2 N–H and O–H groups in total. The highest BCUT2D eigenvalue weighted by molar-refractivity contribution is 6.04. The third-order valence-corrected chi connectivity index (χ3v) is 1.22. The second kappa shape index (κ2) is 3.55. The van der Waals surface area contributed by atoms with Crippen molar-refractivity contribution in [3.63, 3.8) is 0 Å². The summed E-state index contributed by atoms with van der Waals surface area (Å²) in [5.74, 6) is 0. The Morgan fingerprint density at radius 2 is 2.09 bits per heavy atom. The highest BCUT2D eigenvalue weighted by Crippen LogP contribution is 1.96. The van der Waals surface area contributed by atoms with Crippen LogP contribution in [0.1, 0.15) is 12.0 Å². The monoisotopic (exact) mass is 148 g/mol. The molecule has 1 heterocycles. The zero-order valence-corrected chi connectivity index (χ0v) is 5.91. The fraction of sp³-hybridized carbons (Fsp3) is 0.143. The maximum atomic E-state index is 7.40. The van der Waals surface area contributed by atoms with Gasteiger partial charge >= 0.3 is 0 Å². The van der Waals surface area contributed by atoms with Crippen LogP contribution in [0.3, 0.4) is 0 Å². The number of aromatic nitrogens is 2. The van der Waals surface area contributed by atoms with Crippen molar-refractivity contribution in [3.8, 4) is 0 Å². The summed E-state index contributed by atoms with van der Waals surface area (Å²) in [6, 6.07) is 0. The summed E-state index contributed by atoms with van der Waals surface area (Å²) in [6.45, 7) is 0. The Balaban J connectivity index is 2.77. The van der Waals surface area contributed by atoms with Crippen LogP contribution in [0.15, 0.2) is 18.7 Å². The molecule has 0 radical (unpaired) electrons. The van der Waals surface area contributed by atoms with Gasteiger partial charge in [0, 0.05) is 36.3 Å². The SMILES string of the molecule is N=CCC(=N)c1cncnc1. The van der Waals surface area contributed by atoms with Gasteiger partial charge in [-0.05, 0) is 0 Å². The molecule has 11 heavy (non-hydrogen) atoms. The second-order valence-electron chi connectivity index (χ2n) is 2.01. The number of rotatable bonds is 3. The zero-order valence-electron chi connectivity index (χ0n) is 5.91. The van der Waals surface area contributed by atoms with Crippen LogP contribution in [-0.2, 0) is 0 Å². The molecule has 4 nitrogen and oxygen atoms in total. The van der Waals surface area contributed by atoms with Crippen molar-refractivity contribution in [2.24, 2.45) is 0 Å². The van der Waals surface area contributed by atoms with Crippen LogP contribution in [0.4, 0.5) is 0 Å². The quantitative estimate of drug-likeness (QED) is 0.624. The van der Waals surface area contributed by atoms with Gasteiger partial charge in [0.2, 0.25) is 0 Å². The predicted octanol–water partition coefficient (Wildman–Crippen LogP) is 0.884. The van der Waals surface area contributed by atoms with Crippen molar-refractivity contribution in [3.05, 3.63) is 24.3 Å². The minimum absolute atomic E-state index is 0.341. The van der Waals surface area contributed by atoms with Gasteiger partial charge in [0.25, 0.3) is 0 Å². The Bertz CT molecular complexity index is 254. The average molecular weight is 148 g/mol. The molecule has 0 aliphatic heterocycles. The third-order valence-electron chi connectivity index (χ3n) is 1.22. The van der Waals surface area contributed by atoms with Crippen molar-refractivity contribution in [1.29, 1.82) is 10.8 Å². The zero-order chi connectivity index (χ0) is 8.10. The van der Waals surface area contributed by atoms with E-state index in [-0.39, 0.29) is 0 Å². The van der Waals surface area contributed by atoms with Crippen LogP contribution in [0.25, 0.3) is 0 Å². The second-order valence-corrected chi connectivity index (χ2v) is 2.01. The molecule has 0 aliphatic rings. The summed E-state index contributed by atoms with van der Waals surface area (Å²) in [7, 11) is 0. The Labute approximate surface area is 64.3 Å². The maximum absolute atomic E-state index is 7.40. The van der Waals surface area contributed by atoms with E-state index < -0.39 is 0 Å². The summed E-state index contributed by atoms with van der Waals surface area (Å²) >= 11 is 0. The van der Waals surface area contributed by atoms with Crippen molar-refractivity contribution in [2.45, 2.75) is 6.42 Å². The topological polar surface area (TPSA) is 73.5 Å². The van der Waals surface area contributed by atoms with Gasteiger partial charge < -0.3 is 10.8 Å². The largest absolute Gasteiger partial charge is 0.313 e. The first-order chi connectivity index (χ1) is 5.34. The van der Waals surface area contributed by atoms with E-state index >= 15 is 0 Å². The maximum Gasteiger partial charge on any atom is 0.115 e. The first-order valence-electron chi connectivity index (χ1n) is 3.16. The van der Waals surface area contributed by atoms with E-state index in [1.165, 1.54) is 12.5 Å². The van der Waals surface area contributed by atoms with E-state index in [4.69, 9.17) is 10.8 Å². The Morgan fingerprint density at radius 1 is 1.45 bits per heavy atom. The van der Waals surface area contributed by atoms with E-state index in [0.29, 0.717) is 17.7 Å². The molecule has 0 spiro atoms. The van der Waals surface area contributed by atoms with Crippen LogP contribution in [-0.4, -0.2) is 21.9 Å². The van der Waals surface area contributed by atoms with Gasteiger partial charge in [0.15, 0.2) is 0 Å².